The summed E-state index contributed by atoms with van der Waals surface area (Å²) in [6.07, 6.45) is 15.2. The Balaban J connectivity index is -0.000000641. The number of aryl methyl sites for hydroxylation is 1. The van der Waals surface area contributed by atoms with Gasteiger partial charge in [0, 0.05) is 96.4 Å². The summed E-state index contributed by atoms with van der Waals surface area (Å²) in [6.45, 7) is 19.3. The van der Waals surface area contributed by atoms with E-state index in [0.717, 1.165) is 0 Å². The molecule has 0 radical (unpaired) electrons. The number of rotatable bonds is 2. The first-order chi connectivity index (χ1) is 25.4. The molecule has 322 valence electrons. The average Bonchev–Trinajstić information content (AvgIpc) is 3.67. The van der Waals surface area contributed by atoms with Gasteiger partial charge in [0.2, 0.25) is 5.69 Å². The largest absolute Gasteiger partial charge is 0.453 e. The first-order valence-electron chi connectivity index (χ1n) is 19.2. The molecular weight excluding hydrogens is 1410 g/mol. The number of tetrazole rings is 1. The molecule has 4 aliphatic heterocycles. The van der Waals surface area contributed by atoms with Crippen molar-refractivity contribution < 1.29 is 102 Å². The van der Waals surface area contributed by atoms with Crippen LogP contribution in [0.3, 0.4) is 0 Å². The molecule has 4 fully saturated rings. The van der Waals surface area contributed by atoms with E-state index >= 15 is 0 Å². The number of nitrogens with one attached hydrogen (secondary N) is 4. The maximum absolute atomic E-state index is 12.6. The topological polar surface area (TPSA) is 94.7 Å². The van der Waals surface area contributed by atoms with Crippen LogP contribution in [-0.4, -0.2) is 88.9 Å². The van der Waals surface area contributed by atoms with Gasteiger partial charge in [-0.3, -0.25) is 0 Å². The summed E-state index contributed by atoms with van der Waals surface area (Å²) in [5.41, 5.74) is 2.19. The summed E-state index contributed by atoms with van der Waals surface area (Å²) in [5, 5.41) is 22.7. The first kappa shape index (κ1) is 60.9. The van der Waals surface area contributed by atoms with Gasteiger partial charge >= 0.3 is 6.18 Å². The molecular formula is C41H65F3N9W4-3. The zero-order valence-corrected chi connectivity index (χ0v) is 46.2. The van der Waals surface area contributed by atoms with Crippen molar-refractivity contribution in [2.24, 2.45) is 0 Å². The van der Waals surface area contributed by atoms with Gasteiger partial charge in [0.15, 0.2) is 0 Å². The van der Waals surface area contributed by atoms with Crippen LogP contribution in [0.1, 0.15) is 90.4 Å². The third kappa shape index (κ3) is 29.5. The van der Waals surface area contributed by atoms with Gasteiger partial charge in [-0.05, 0) is 49.6 Å². The van der Waals surface area contributed by atoms with Crippen molar-refractivity contribution in [1.29, 1.82) is 0 Å². The molecule has 4 saturated heterocycles. The fourth-order valence-corrected chi connectivity index (χ4v) is 5.47. The first-order valence-corrected chi connectivity index (χ1v) is 19.2. The number of nitrogens with zero attached hydrogens (tertiary/aromatic N) is 5. The van der Waals surface area contributed by atoms with E-state index in [2.05, 4.69) is 116 Å². The standard InChI is InChI=1S/C10H9F3N5.C7H8.4C6H12N.4W/c1-17(2)7-4-3-5-8(6-7)18-9(10(11,12)13)14-15-16-18;1-7-5-3-2-4-6-7;4*1-6-4-2-3-5-7-6;;;;/h3-6H,1H2,2H3;2-6H,1H3;4*4,6-7H,2-3,5H2,1H3;;;;/q+1;;4*-1;;;;/t;;4*6-;;;;/m..1100..../s1. The van der Waals surface area contributed by atoms with E-state index in [1.807, 2.05) is 18.2 Å². The minimum atomic E-state index is -4.60. The molecule has 4 atom stereocenters. The summed E-state index contributed by atoms with van der Waals surface area (Å²) in [5.74, 6) is -1.16. The van der Waals surface area contributed by atoms with Crippen LogP contribution in [-0.2, 0) is 90.4 Å². The number of hydrogen-bond donors (Lipinski definition) is 4. The second kappa shape index (κ2) is 36.2. The molecule has 4 N–H and O–H groups in total. The quantitative estimate of drug-likeness (QED) is 0.120. The molecule has 0 unspecified atom stereocenters. The van der Waals surface area contributed by atoms with Crippen LogP contribution in [0.2, 0.25) is 0 Å². The third-order valence-electron chi connectivity index (χ3n) is 8.65. The van der Waals surface area contributed by atoms with Crippen LogP contribution in [0, 0.1) is 32.6 Å². The molecule has 0 aliphatic carbocycles. The molecule has 7 rings (SSSR count). The Kier molecular flexibility index (Phi) is 38.7. The summed E-state index contributed by atoms with van der Waals surface area (Å²) in [4.78, 5) is 0. The minimum absolute atomic E-state index is 0. The Morgan fingerprint density at radius 1 is 0.667 bits per heavy atom. The van der Waals surface area contributed by atoms with Gasteiger partial charge in [0.25, 0.3) is 5.82 Å². The van der Waals surface area contributed by atoms with E-state index in [0.29, 0.717) is 34.5 Å². The Hall–Kier alpha value is -0.437. The maximum atomic E-state index is 12.6. The second-order valence-electron chi connectivity index (χ2n) is 13.8. The van der Waals surface area contributed by atoms with Crippen LogP contribution < -0.4 is 21.3 Å². The van der Waals surface area contributed by atoms with E-state index in [-0.39, 0.29) is 89.9 Å². The van der Waals surface area contributed by atoms with E-state index in [1.165, 1.54) is 99.8 Å². The van der Waals surface area contributed by atoms with Crippen molar-refractivity contribution in [2.75, 3.05) is 33.2 Å². The molecule has 0 bridgehead atoms. The molecule has 5 heterocycles. The van der Waals surface area contributed by atoms with Gasteiger partial charge in [-0.1, -0.05) is 95.3 Å². The molecule has 2 aromatic carbocycles. The number of aromatic nitrogens is 4. The SMILES string of the molecule is C=[N+](C)c1cccc(-n2nnnc2C(F)(F)F)c1.C[C@@H]1[CH-]CCCN1.C[C@@H]1[CH-]CCCN1.C[C@H]1[CH-]CCCN1.C[C@H]1[CH-]CCCN1.Cc1ccccc1.[W].[W].[W].[W]. The van der Waals surface area contributed by atoms with Crippen LogP contribution in [0.15, 0.2) is 54.6 Å². The molecule has 1 aromatic heterocycles. The van der Waals surface area contributed by atoms with Crippen LogP contribution in [0.4, 0.5) is 18.9 Å². The fourth-order valence-electron chi connectivity index (χ4n) is 5.47. The third-order valence-corrected chi connectivity index (χ3v) is 8.65. The zero-order chi connectivity index (χ0) is 38.9. The molecule has 4 aliphatic rings. The average molecular weight is 1480 g/mol. The van der Waals surface area contributed by atoms with Crippen molar-refractivity contribution in [3.63, 3.8) is 0 Å². The Morgan fingerprint density at radius 3 is 1.33 bits per heavy atom. The smallest absolute Gasteiger partial charge is 0.344 e. The van der Waals surface area contributed by atoms with Gasteiger partial charge in [0.05, 0.1) is 5.69 Å². The Labute approximate surface area is 399 Å². The summed E-state index contributed by atoms with van der Waals surface area (Å²) < 4.78 is 40.1. The fraction of sp³-hybridized carbons (Fsp3) is 0.561. The van der Waals surface area contributed by atoms with E-state index in [4.69, 9.17) is 0 Å². The van der Waals surface area contributed by atoms with Gasteiger partial charge < -0.3 is 47.0 Å². The summed E-state index contributed by atoms with van der Waals surface area (Å²) >= 11 is 0. The van der Waals surface area contributed by atoms with Gasteiger partial charge in [0.1, 0.15) is 13.8 Å². The minimum Gasteiger partial charge on any atom is -0.344 e. The van der Waals surface area contributed by atoms with Crippen LogP contribution in [0.5, 0.6) is 0 Å². The number of alkyl halides is 3. The predicted molar refractivity (Wildman–Crippen MR) is 212 cm³/mol. The second-order valence-corrected chi connectivity index (χ2v) is 13.8. The molecule has 9 nitrogen and oxygen atoms in total. The van der Waals surface area contributed by atoms with Crippen molar-refractivity contribution in [3.8, 4) is 5.69 Å². The van der Waals surface area contributed by atoms with Crippen LogP contribution in [0.25, 0.3) is 5.69 Å². The number of halogens is 3. The van der Waals surface area contributed by atoms with Gasteiger partial charge in [-0.25, -0.2) is 4.58 Å². The van der Waals surface area contributed by atoms with Crippen LogP contribution >= 0.6 is 0 Å². The number of piperidine rings is 4. The molecule has 16 heteroatoms. The van der Waals surface area contributed by atoms with E-state index in [9.17, 15) is 13.2 Å². The maximum Gasteiger partial charge on any atom is 0.453 e. The van der Waals surface area contributed by atoms with Crippen molar-refractivity contribution in [1.82, 2.24) is 41.5 Å². The van der Waals surface area contributed by atoms with E-state index < -0.39 is 12.0 Å². The summed E-state index contributed by atoms with van der Waals surface area (Å²) in [7, 11) is 1.68. The van der Waals surface area contributed by atoms with Gasteiger partial charge in [-0.15, -0.1) is 29.3 Å². The molecule has 3 aromatic rings. The Bertz CT molecular complexity index is 1300. The molecule has 0 spiro atoms. The zero-order valence-electron chi connectivity index (χ0n) is 34.5. The number of hydrogen-bond acceptors (Lipinski definition) is 7. The van der Waals surface area contributed by atoms with Crippen molar-refractivity contribution in [2.45, 2.75) is 116 Å². The Morgan fingerprint density at radius 2 is 1.07 bits per heavy atom. The predicted octanol–water partition coefficient (Wildman–Crippen LogP) is 7.49. The number of benzene rings is 2. The van der Waals surface area contributed by atoms with Gasteiger partial charge in [-0.2, -0.15) is 43.5 Å². The van der Waals surface area contributed by atoms with Crippen molar-refractivity contribution >= 4 is 12.4 Å². The monoisotopic (exact) mass is 1480 g/mol. The van der Waals surface area contributed by atoms with E-state index in [1.54, 1.807) is 19.2 Å². The molecule has 0 amide bonds. The normalized spacial score (nSPS) is 20.9. The summed E-state index contributed by atoms with van der Waals surface area (Å²) in [6, 6.07) is 19.2. The molecule has 57 heavy (non-hydrogen) atoms. The van der Waals surface area contributed by atoms with Crippen molar-refractivity contribution in [3.05, 3.63) is 91.7 Å². The molecule has 0 saturated carbocycles.